The molecule has 2 aromatic heterocycles. The molecule has 2 aliphatic rings. The molecule has 0 saturated carbocycles. The second-order valence-corrected chi connectivity index (χ2v) is 8.59. The summed E-state index contributed by atoms with van der Waals surface area (Å²) in [6.07, 6.45) is 5.47. The van der Waals surface area contributed by atoms with Gasteiger partial charge in [-0.25, -0.2) is 4.98 Å². The summed E-state index contributed by atoms with van der Waals surface area (Å²) in [5.41, 5.74) is 1.58. The number of carbonyl (C=O) groups is 2. The molecule has 0 unspecified atom stereocenters. The lowest BCUT2D eigenvalue weighted by Crippen LogP contribution is -2.41. The largest absolute Gasteiger partial charge is 0.332 e. The molecule has 1 N–H and O–H groups in total. The smallest absolute Gasteiger partial charge is 0.272 e. The first-order chi connectivity index (χ1) is 15.5. The Morgan fingerprint density at radius 3 is 2.72 bits per heavy atom. The van der Waals surface area contributed by atoms with Crippen molar-refractivity contribution in [2.75, 3.05) is 13.1 Å². The fourth-order valence-corrected chi connectivity index (χ4v) is 4.89. The summed E-state index contributed by atoms with van der Waals surface area (Å²) in [5, 5.41) is 4.17. The number of H-pyrrole nitrogens is 1. The van der Waals surface area contributed by atoms with Gasteiger partial charge in [0.15, 0.2) is 0 Å². The van der Waals surface area contributed by atoms with E-state index in [-0.39, 0.29) is 35.9 Å². The second-order valence-electron chi connectivity index (χ2n) is 8.59. The highest BCUT2D eigenvalue weighted by Gasteiger charge is 2.35. The predicted octanol–water partition coefficient (Wildman–Crippen LogP) is 2.28. The van der Waals surface area contributed by atoms with E-state index in [9.17, 15) is 14.4 Å². The molecule has 0 aromatic carbocycles. The van der Waals surface area contributed by atoms with Crippen molar-refractivity contribution in [2.45, 2.75) is 72.0 Å². The number of hydrogen-bond acceptors (Lipinski definition) is 5. The molecular weight excluding hydrogens is 408 g/mol. The molecule has 4 heterocycles. The molecule has 4 rings (SSSR count). The van der Waals surface area contributed by atoms with Crippen LogP contribution in [-0.4, -0.2) is 54.5 Å². The zero-order valence-electron chi connectivity index (χ0n) is 19.1. The van der Waals surface area contributed by atoms with Crippen molar-refractivity contribution in [2.24, 2.45) is 5.92 Å². The maximum absolute atomic E-state index is 13.0. The summed E-state index contributed by atoms with van der Waals surface area (Å²) in [6.45, 7) is 8.05. The number of amides is 2. The van der Waals surface area contributed by atoms with Gasteiger partial charge in [-0.2, -0.15) is 5.10 Å². The number of fused-ring (bicyclic) bond motifs is 1. The minimum Gasteiger partial charge on any atom is -0.332 e. The fraction of sp³-hybridized carbons (Fsp3) is 0.609. The minimum atomic E-state index is -0.215. The van der Waals surface area contributed by atoms with Crippen LogP contribution in [0.25, 0.3) is 0 Å². The second kappa shape index (κ2) is 9.26. The predicted molar refractivity (Wildman–Crippen MR) is 119 cm³/mol. The summed E-state index contributed by atoms with van der Waals surface area (Å²) in [5.74, 6) is 0.615. The maximum Gasteiger partial charge on any atom is 0.272 e. The van der Waals surface area contributed by atoms with E-state index in [1.807, 2.05) is 25.7 Å². The average Bonchev–Trinajstić information content (AvgIpc) is 3.48. The van der Waals surface area contributed by atoms with Crippen molar-refractivity contribution in [1.82, 2.24) is 29.5 Å². The Morgan fingerprint density at radius 1 is 1.22 bits per heavy atom. The van der Waals surface area contributed by atoms with Crippen LogP contribution in [0, 0.1) is 5.92 Å². The van der Waals surface area contributed by atoms with Crippen molar-refractivity contribution in [1.29, 1.82) is 0 Å². The highest BCUT2D eigenvalue weighted by atomic mass is 16.2. The number of rotatable bonds is 6. The van der Waals surface area contributed by atoms with Crippen LogP contribution in [0.5, 0.6) is 0 Å². The Hall–Kier alpha value is -2.97. The molecule has 9 heteroatoms. The Bertz CT molecular complexity index is 1050. The van der Waals surface area contributed by atoms with Crippen LogP contribution in [0.2, 0.25) is 0 Å². The zero-order chi connectivity index (χ0) is 22.8. The van der Waals surface area contributed by atoms with Gasteiger partial charge in [0.1, 0.15) is 11.5 Å². The quantitative estimate of drug-likeness (QED) is 0.742. The van der Waals surface area contributed by atoms with Gasteiger partial charge in [0.2, 0.25) is 5.91 Å². The molecule has 32 heavy (non-hydrogen) atoms. The number of nitrogens with zero attached hydrogens (tertiary/aromatic N) is 5. The number of carbonyl (C=O) groups excluding carboxylic acids is 2. The first kappa shape index (κ1) is 22.2. The topological polar surface area (TPSA) is 104 Å². The number of aryl methyl sites for hydroxylation is 1. The monoisotopic (exact) mass is 440 g/mol. The summed E-state index contributed by atoms with van der Waals surface area (Å²) < 4.78 is 1.66. The van der Waals surface area contributed by atoms with E-state index in [1.165, 1.54) is 0 Å². The van der Waals surface area contributed by atoms with E-state index < -0.39 is 0 Å². The Kier molecular flexibility index (Phi) is 6.43. The SMILES string of the molecule is CCC(CC)C(=O)N1CCC[C@H]1c1nc2c(c(=O)[nH]1)CN(C(=O)c1ccnn1CC)CC2. The third kappa shape index (κ3) is 3.96. The molecule has 0 aliphatic carbocycles. The number of likely N-dealkylation sites (tertiary alicyclic amines) is 1. The Balaban J connectivity index is 1.56. The lowest BCUT2D eigenvalue weighted by atomic mass is 10.0. The summed E-state index contributed by atoms with van der Waals surface area (Å²) in [4.78, 5) is 50.3. The highest BCUT2D eigenvalue weighted by molar-refractivity contribution is 5.92. The molecule has 2 amide bonds. The lowest BCUT2D eigenvalue weighted by molar-refractivity contribution is -0.136. The van der Waals surface area contributed by atoms with Crippen LogP contribution in [0.1, 0.15) is 80.1 Å². The standard InChI is InChI=1S/C23H32N6O3/c1-4-15(5-2)22(31)28-12-7-8-18(28)20-25-17-10-13-27(14-16(17)21(30)26-20)23(32)19-9-11-24-29(19)6-3/h9,11,15,18H,4-8,10,12-14H2,1-3H3,(H,25,26,30)/t18-/m0/s1. The van der Waals surface area contributed by atoms with Crippen LogP contribution >= 0.6 is 0 Å². The van der Waals surface area contributed by atoms with Crippen molar-refractivity contribution < 1.29 is 9.59 Å². The molecule has 0 radical (unpaired) electrons. The maximum atomic E-state index is 13.0. The third-order valence-corrected chi connectivity index (χ3v) is 6.80. The van der Waals surface area contributed by atoms with Crippen LogP contribution in [0.3, 0.4) is 0 Å². The first-order valence-corrected chi connectivity index (χ1v) is 11.7. The van der Waals surface area contributed by atoms with E-state index in [2.05, 4.69) is 10.1 Å². The molecule has 172 valence electrons. The Labute approximate surface area is 187 Å². The molecule has 0 spiro atoms. The van der Waals surface area contributed by atoms with Gasteiger partial charge < -0.3 is 14.8 Å². The summed E-state index contributed by atoms with van der Waals surface area (Å²) in [7, 11) is 0. The number of nitrogens with one attached hydrogen (secondary N) is 1. The molecular formula is C23H32N6O3. The van der Waals surface area contributed by atoms with E-state index >= 15 is 0 Å². The van der Waals surface area contributed by atoms with Crippen molar-refractivity contribution in [3.05, 3.63) is 45.4 Å². The van der Waals surface area contributed by atoms with Crippen LogP contribution in [0.4, 0.5) is 0 Å². The van der Waals surface area contributed by atoms with Crippen LogP contribution in [-0.2, 0) is 24.3 Å². The van der Waals surface area contributed by atoms with Gasteiger partial charge in [-0.15, -0.1) is 0 Å². The van der Waals surface area contributed by atoms with Gasteiger partial charge in [-0.05, 0) is 38.7 Å². The number of aromatic amines is 1. The van der Waals surface area contributed by atoms with Crippen LogP contribution < -0.4 is 5.56 Å². The molecule has 0 bridgehead atoms. The van der Waals surface area contributed by atoms with E-state index in [0.717, 1.165) is 31.4 Å². The molecule has 9 nitrogen and oxygen atoms in total. The van der Waals surface area contributed by atoms with Gasteiger partial charge in [0.25, 0.3) is 11.5 Å². The van der Waals surface area contributed by atoms with Crippen molar-refractivity contribution in [3.8, 4) is 0 Å². The van der Waals surface area contributed by atoms with E-state index in [0.29, 0.717) is 43.1 Å². The molecule has 1 atom stereocenters. The van der Waals surface area contributed by atoms with E-state index in [1.54, 1.807) is 21.8 Å². The first-order valence-electron chi connectivity index (χ1n) is 11.7. The number of hydrogen-bond donors (Lipinski definition) is 1. The number of aromatic nitrogens is 4. The normalized spacial score (nSPS) is 18.3. The minimum absolute atomic E-state index is 0.0103. The van der Waals surface area contributed by atoms with Gasteiger partial charge in [-0.1, -0.05) is 13.8 Å². The van der Waals surface area contributed by atoms with Gasteiger partial charge in [-0.3, -0.25) is 19.1 Å². The van der Waals surface area contributed by atoms with Gasteiger partial charge in [0.05, 0.1) is 23.8 Å². The summed E-state index contributed by atoms with van der Waals surface area (Å²) >= 11 is 0. The third-order valence-electron chi connectivity index (χ3n) is 6.80. The van der Waals surface area contributed by atoms with Gasteiger partial charge in [0, 0.05) is 38.2 Å². The fourth-order valence-electron chi connectivity index (χ4n) is 4.89. The lowest BCUT2D eigenvalue weighted by Gasteiger charge is -2.30. The molecule has 2 aliphatic heterocycles. The molecule has 2 aromatic rings. The average molecular weight is 441 g/mol. The van der Waals surface area contributed by atoms with Crippen LogP contribution in [0.15, 0.2) is 17.1 Å². The van der Waals surface area contributed by atoms with Crippen molar-refractivity contribution in [3.63, 3.8) is 0 Å². The molecule has 1 fully saturated rings. The highest BCUT2D eigenvalue weighted by Crippen LogP contribution is 2.32. The van der Waals surface area contributed by atoms with E-state index in [4.69, 9.17) is 4.98 Å². The zero-order valence-corrected chi connectivity index (χ0v) is 19.1. The van der Waals surface area contributed by atoms with Gasteiger partial charge >= 0.3 is 0 Å². The molecule has 1 saturated heterocycles. The Morgan fingerprint density at radius 2 is 2.00 bits per heavy atom. The summed E-state index contributed by atoms with van der Waals surface area (Å²) in [6, 6.07) is 1.53. The van der Waals surface area contributed by atoms with Crippen molar-refractivity contribution >= 4 is 11.8 Å².